The zero-order chi connectivity index (χ0) is 18.0. The highest BCUT2D eigenvalue weighted by atomic mass is 16.2. The Balaban J connectivity index is 1.45. The van der Waals surface area contributed by atoms with Crippen molar-refractivity contribution in [2.24, 2.45) is 5.10 Å². The van der Waals surface area contributed by atoms with Gasteiger partial charge >= 0.3 is 0 Å². The van der Waals surface area contributed by atoms with Crippen LogP contribution >= 0.6 is 0 Å². The Morgan fingerprint density at radius 2 is 1.68 bits per heavy atom. The summed E-state index contributed by atoms with van der Waals surface area (Å²) < 4.78 is 0. The van der Waals surface area contributed by atoms with Gasteiger partial charge < -0.3 is 4.90 Å². The number of likely N-dealkylation sites (tertiary alicyclic amines) is 1. The molecule has 2 saturated heterocycles. The SMILES string of the molecule is CC1CCC(C)N1CCN1CCN(C(=O)C2=NN(C)C(=O)CC2)CC1. The molecule has 2 atom stereocenters. The molecule has 3 aliphatic heterocycles. The summed E-state index contributed by atoms with van der Waals surface area (Å²) in [6.07, 6.45) is 3.46. The molecule has 0 aromatic heterocycles. The summed E-state index contributed by atoms with van der Waals surface area (Å²) >= 11 is 0. The quantitative estimate of drug-likeness (QED) is 0.746. The number of carbonyl (C=O) groups excluding carboxylic acids is 2. The maximum absolute atomic E-state index is 12.6. The monoisotopic (exact) mass is 349 g/mol. The Kier molecular flexibility index (Phi) is 5.74. The van der Waals surface area contributed by atoms with Crippen molar-refractivity contribution < 1.29 is 9.59 Å². The Labute approximate surface area is 150 Å². The van der Waals surface area contributed by atoms with Gasteiger partial charge in [0.15, 0.2) is 0 Å². The molecule has 7 nitrogen and oxygen atoms in total. The van der Waals surface area contributed by atoms with Crippen LogP contribution in [0.1, 0.15) is 39.5 Å². The Morgan fingerprint density at radius 3 is 2.28 bits per heavy atom. The van der Waals surface area contributed by atoms with Gasteiger partial charge in [-0.05, 0) is 26.7 Å². The van der Waals surface area contributed by atoms with E-state index in [4.69, 9.17) is 0 Å². The van der Waals surface area contributed by atoms with E-state index in [9.17, 15) is 9.59 Å². The van der Waals surface area contributed by atoms with Gasteiger partial charge in [0.2, 0.25) is 5.91 Å². The van der Waals surface area contributed by atoms with Crippen LogP contribution in [-0.2, 0) is 9.59 Å². The molecule has 2 fully saturated rings. The van der Waals surface area contributed by atoms with Crippen LogP contribution in [0.4, 0.5) is 0 Å². The maximum atomic E-state index is 12.6. The fraction of sp³-hybridized carbons (Fsp3) is 0.833. The number of hydrazone groups is 1. The van der Waals surface area contributed by atoms with Crippen molar-refractivity contribution in [2.75, 3.05) is 46.3 Å². The van der Waals surface area contributed by atoms with Gasteiger partial charge in [-0.3, -0.25) is 19.4 Å². The minimum absolute atomic E-state index is 0.000729. The molecule has 0 spiro atoms. The van der Waals surface area contributed by atoms with Crippen LogP contribution in [-0.4, -0.2) is 95.6 Å². The normalized spacial score (nSPS) is 29.2. The molecular weight excluding hydrogens is 318 g/mol. The van der Waals surface area contributed by atoms with E-state index < -0.39 is 0 Å². The molecule has 25 heavy (non-hydrogen) atoms. The van der Waals surface area contributed by atoms with E-state index in [1.165, 1.54) is 17.9 Å². The second kappa shape index (κ2) is 7.83. The maximum Gasteiger partial charge on any atom is 0.270 e. The lowest BCUT2D eigenvalue weighted by molar-refractivity contribution is -0.131. The Bertz CT molecular complexity index is 532. The first-order valence-corrected chi connectivity index (χ1v) is 9.57. The third-order valence-corrected chi connectivity index (χ3v) is 5.92. The number of rotatable bonds is 4. The summed E-state index contributed by atoms with van der Waals surface area (Å²) in [7, 11) is 1.62. The summed E-state index contributed by atoms with van der Waals surface area (Å²) in [5.41, 5.74) is 0.523. The smallest absolute Gasteiger partial charge is 0.270 e. The van der Waals surface area contributed by atoms with E-state index in [1.807, 2.05) is 4.90 Å². The lowest BCUT2D eigenvalue weighted by atomic mass is 10.1. The third-order valence-electron chi connectivity index (χ3n) is 5.92. The molecule has 0 bridgehead atoms. The van der Waals surface area contributed by atoms with Crippen LogP contribution < -0.4 is 0 Å². The molecule has 0 aliphatic carbocycles. The van der Waals surface area contributed by atoms with Crippen LogP contribution in [0.2, 0.25) is 0 Å². The number of carbonyl (C=O) groups is 2. The number of hydrogen-bond acceptors (Lipinski definition) is 5. The van der Waals surface area contributed by atoms with Crippen molar-refractivity contribution >= 4 is 17.5 Å². The molecule has 7 heteroatoms. The number of amides is 2. The number of nitrogens with zero attached hydrogens (tertiary/aromatic N) is 5. The van der Waals surface area contributed by atoms with Gasteiger partial charge in [-0.1, -0.05) is 0 Å². The molecule has 0 N–H and O–H groups in total. The average molecular weight is 349 g/mol. The van der Waals surface area contributed by atoms with Gasteiger partial charge in [0.05, 0.1) is 0 Å². The van der Waals surface area contributed by atoms with E-state index in [0.717, 1.165) is 39.3 Å². The van der Waals surface area contributed by atoms with E-state index >= 15 is 0 Å². The molecule has 0 radical (unpaired) electrons. The van der Waals surface area contributed by atoms with Gasteiger partial charge in [0.1, 0.15) is 5.71 Å². The van der Waals surface area contributed by atoms with Crippen molar-refractivity contribution in [2.45, 2.75) is 51.6 Å². The van der Waals surface area contributed by atoms with Crippen molar-refractivity contribution in [1.82, 2.24) is 19.7 Å². The number of hydrogen-bond donors (Lipinski definition) is 0. The van der Waals surface area contributed by atoms with Crippen molar-refractivity contribution in [3.63, 3.8) is 0 Å². The zero-order valence-electron chi connectivity index (χ0n) is 15.8. The summed E-state index contributed by atoms with van der Waals surface area (Å²) in [6, 6.07) is 1.39. The lowest BCUT2D eigenvalue weighted by Crippen LogP contribution is -2.52. The van der Waals surface area contributed by atoms with Crippen molar-refractivity contribution in [3.8, 4) is 0 Å². The van der Waals surface area contributed by atoms with Gasteiger partial charge in [-0.25, -0.2) is 5.01 Å². The molecule has 0 aromatic rings. The topological polar surface area (TPSA) is 59.5 Å². The van der Waals surface area contributed by atoms with Crippen molar-refractivity contribution in [3.05, 3.63) is 0 Å². The van der Waals surface area contributed by atoms with E-state index in [2.05, 4.69) is 28.7 Å². The number of piperazine rings is 1. The van der Waals surface area contributed by atoms with E-state index in [1.54, 1.807) is 7.05 Å². The van der Waals surface area contributed by atoms with Crippen molar-refractivity contribution in [1.29, 1.82) is 0 Å². The zero-order valence-corrected chi connectivity index (χ0v) is 15.8. The van der Waals surface area contributed by atoms with Gasteiger partial charge in [-0.15, -0.1) is 0 Å². The fourth-order valence-corrected chi connectivity index (χ4v) is 4.13. The molecule has 0 saturated carbocycles. The standard InChI is InChI=1S/C18H31N5O2/c1-14-4-5-15(2)23(14)13-10-21-8-11-22(12-9-21)18(25)16-6-7-17(24)20(3)19-16/h14-15H,4-13H2,1-3H3. The van der Waals surface area contributed by atoms with Gasteiger partial charge in [0, 0.05) is 71.2 Å². The summed E-state index contributed by atoms with van der Waals surface area (Å²) in [4.78, 5) is 31.0. The molecule has 2 unspecified atom stereocenters. The van der Waals surface area contributed by atoms with Crippen LogP contribution in [0.3, 0.4) is 0 Å². The first kappa shape index (κ1) is 18.3. The highest BCUT2D eigenvalue weighted by Gasteiger charge is 2.30. The van der Waals surface area contributed by atoms with Gasteiger partial charge in [0.25, 0.3) is 5.91 Å². The minimum atomic E-state index is -0.0215. The molecule has 3 heterocycles. The summed E-state index contributed by atoms with van der Waals surface area (Å²) in [5, 5.41) is 5.45. The second-order valence-corrected chi connectivity index (χ2v) is 7.61. The molecule has 3 aliphatic rings. The summed E-state index contributed by atoms with van der Waals surface area (Å²) in [6.45, 7) is 10.2. The molecule has 2 amide bonds. The highest BCUT2D eigenvalue weighted by molar-refractivity contribution is 6.39. The van der Waals surface area contributed by atoms with E-state index in [0.29, 0.717) is 30.6 Å². The first-order chi connectivity index (χ1) is 12.0. The van der Waals surface area contributed by atoms with Crippen LogP contribution in [0.15, 0.2) is 5.10 Å². The highest BCUT2D eigenvalue weighted by Crippen LogP contribution is 2.23. The average Bonchev–Trinajstić information content (AvgIpc) is 2.93. The lowest BCUT2D eigenvalue weighted by Gasteiger charge is -2.37. The predicted octanol–water partition coefficient (Wildman–Crippen LogP) is 0.612. The molecular formula is C18H31N5O2. The van der Waals surface area contributed by atoms with E-state index in [-0.39, 0.29) is 11.8 Å². The fourth-order valence-electron chi connectivity index (χ4n) is 4.13. The third kappa shape index (κ3) is 4.20. The summed E-state index contributed by atoms with van der Waals surface area (Å²) in [5.74, 6) is -0.0208. The minimum Gasteiger partial charge on any atom is -0.335 e. The largest absolute Gasteiger partial charge is 0.335 e. The van der Waals surface area contributed by atoms with Crippen LogP contribution in [0, 0.1) is 0 Å². The van der Waals surface area contributed by atoms with Crippen LogP contribution in [0.5, 0.6) is 0 Å². The predicted molar refractivity (Wildman–Crippen MR) is 97.3 cm³/mol. The molecule has 0 aromatic carbocycles. The molecule has 140 valence electrons. The Morgan fingerprint density at radius 1 is 1.04 bits per heavy atom. The Hall–Kier alpha value is -1.47. The first-order valence-electron chi connectivity index (χ1n) is 9.57. The van der Waals surface area contributed by atoms with Gasteiger partial charge in [-0.2, -0.15) is 5.10 Å². The second-order valence-electron chi connectivity index (χ2n) is 7.61. The van der Waals surface area contributed by atoms with Crippen LogP contribution in [0.25, 0.3) is 0 Å². The molecule has 3 rings (SSSR count).